The van der Waals surface area contributed by atoms with Gasteiger partial charge in [-0.25, -0.2) is 4.98 Å². The summed E-state index contributed by atoms with van der Waals surface area (Å²) < 4.78 is 1.88. The van der Waals surface area contributed by atoms with E-state index in [0.717, 1.165) is 66.1 Å². The molecule has 6 heterocycles. The Labute approximate surface area is 227 Å². The minimum Gasteiger partial charge on any atom is -0.368 e. The predicted molar refractivity (Wildman–Crippen MR) is 153 cm³/mol. The lowest BCUT2D eigenvalue weighted by Crippen LogP contribution is -2.46. The molecule has 1 fully saturated rings. The fraction of sp³-hybridized carbons (Fsp3) is 0.310. The summed E-state index contributed by atoms with van der Waals surface area (Å²) in [4.78, 5) is 18.6. The molecule has 1 N–H and O–H groups in total. The van der Waals surface area contributed by atoms with E-state index in [2.05, 4.69) is 62.5 Å². The lowest BCUT2D eigenvalue weighted by atomic mass is 10.1. The third-order valence-electron chi connectivity index (χ3n) is 7.11. The van der Waals surface area contributed by atoms with Crippen LogP contribution in [0.5, 0.6) is 0 Å². The molecule has 0 aliphatic carbocycles. The summed E-state index contributed by atoms with van der Waals surface area (Å²) >= 11 is 0. The summed E-state index contributed by atoms with van der Waals surface area (Å²) in [6, 6.07) is 12.1. The fourth-order valence-corrected chi connectivity index (χ4v) is 4.92. The van der Waals surface area contributed by atoms with Crippen molar-refractivity contribution in [3.8, 4) is 11.1 Å². The van der Waals surface area contributed by atoms with E-state index in [0.29, 0.717) is 17.6 Å². The second-order valence-electron chi connectivity index (χ2n) is 10.3. The Morgan fingerprint density at radius 1 is 0.949 bits per heavy atom. The van der Waals surface area contributed by atoms with Gasteiger partial charge in [0.05, 0.1) is 34.8 Å². The van der Waals surface area contributed by atoms with Gasteiger partial charge in [-0.2, -0.15) is 10.2 Å². The number of anilines is 3. The Balaban J connectivity index is 1.20. The molecule has 1 aliphatic rings. The molecule has 0 saturated carbocycles. The number of aromatic nitrogens is 7. The Morgan fingerprint density at radius 3 is 2.62 bits per heavy atom. The molecule has 6 rings (SSSR count). The normalized spacial score (nSPS) is 14.3. The van der Waals surface area contributed by atoms with Crippen LogP contribution in [0, 0.1) is 0 Å². The van der Waals surface area contributed by atoms with Gasteiger partial charge in [-0.05, 0) is 47.9 Å². The highest BCUT2D eigenvalue weighted by molar-refractivity contribution is 5.82. The van der Waals surface area contributed by atoms with E-state index in [1.54, 1.807) is 6.20 Å². The number of nitrogens with zero attached hydrogens (tertiary/aromatic N) is 9. The molecule has 5 aromatic rings. The highest BCUT2D eigenvalue weighted by atomic mass is 15.3. The van der Waals surface area contributed by atoms with Crippen molar-refractivity contribution in [2.75, 3.05) is 36.4 Å². The smallest absolute Gasteiger partial charge is 0.154 e. The first-order valence-corrected chi connectivity index (χ1v) is 13.3. The van der Waals surface area contributed by atoms with Crippen LogP contribution in [-0.4, -0.2) is 66.0 Å². The zero-order chi connectivity index (χ0) is 26.8. The lowest BCUT2D eigenvalue weighted by molar-refractivity contribution is 0.247. The Hall–Kier alpha value is -4.44. The van der Waals surface area contributed by atoms with Crippen LogP contribution >= 0.6 is 0 Å². The molecule has 10 heteroatoms. The van der Waals surface area contributed by atoms with Gasteiger partial charge < -0.3 is 10.2 Å². The summed E-state index contributed by atoms with van der Waals surface area (Å²) in [5, 5.41) is 16.4. The summed E-state index contributed by atoms with van der Waals surface area (Å²) in [6.07, 6.45) is 9.53. The first kappa shape index (κ1) is 24.9. The van der Waals surface area contributed by atoms with Crippen molar-refractivity contribution in [2.45, 2.75) is 26.3 Å². The monoisotopic (exact) mass is 520 g/mol. The highest BCUT2D eigenvalue weighted by Crippen LogP contribution is 2.27. The number of piperazine rings is 1. The zero-order valence-electron chi connectivity index (χ0n) is 22.5. The maximum Gasteiger partial charge on any atom is 0.154 e. The molecule has 10 nitrogen and oxygen atoms in total. The number of fused-ring (bicyclic) bond motifs is 1. The van der Waals surface area contributed by atoms with E-state index in [9.17, 15) is 0 Å². The van der Waals surface area contributed by atoms with Gasteiger partial charge in [0.15, 0.2) is 5.82 Å². The maximum atomic E-state index is 4.83. The number of aryl methyl sites for hydroxylation is 1. The van der Waals surface area contributed by atoms with E-state index in [-0.39, 0.29) is 0 Å². The Morgan fingerprint density at radius 2 is 1.82 bits per heavy atom. The average molecular weight is 521 g/mol. The van der Waals surface area contributed by atoms with Gasteiger partial charge in [-0.15, -0.1) is 5.10 Å². The van der Waals surface area contributed by atoms with Crippen LogP contribution in [0.25, 0.3) is 22.2 Å². The van der Waals surface area contributed by atoms with Crippen LogP contribution in [0.15, 0.2) is 67.4 Å². The van der Waals surface area contributed by atoms with Gasteiger partial charge in [0.25, 0.3) is 0 Å². The van der Waals surface area contributed by atoms with E-state index < -0.39 is 0 Å². The molecule has 0 amide bonds. The van der Waals surface area contributed by atoms with Crippen LogP contribution in [0.1, 0.15) is 31.0 Å². The molecule has 0 spiro atoms. The number of rotatable bonds is 7. The van der Waals surface area contributed by atoms with Crippen molar-refractivity contribution in [3.05, 3.63) is 78.6 Å². The topological polar surface area (TPSA) is 101 Å². The molecule has 1 saturated heterocycles. The molecular weight excluding hydrogens is 488 g/mol. The van der Waals surface area contributed by atoms with Crippen molar-refractivity contribution in [1.82, 2.24) is 39.8 Å². The first-order valence-electron chi connectivity index (χ1n) is 13.3. The van der Waals surface area contributed by atoms with Crippen molar-refractivity contribution in [3.63, 3.8) is 0 Å². The molecule has 0 unspecified atom stereocenters. The highest BCUT2D eigenvalue weighted by Gasteiger charge is 2.20. The third kappa shape index (κ3) is 5.56. The maximum absolute atomic E-state index is 4.83. The van der Waals surface area contributed by atoms with Gasteiger partial charge in [0, 0.05) is 69.5 Å². The van der Waals surface area contributed by atoms with Crippen LogP contribution in [0.4, 0.5) is 17.3 Å². The van der Waals surface area contributed by atoms with Crippen molar-refractivity contribution in [2.24, 2.45) is 7.05 Å². The van der Waals surface area contributed by atoms with E-state index in [1.807, 2.05) is 54.6 Å². The Kier molecular flexibility index (Phi) is 6.85. The molecule has 1 aliphatic heterocycles. The number of hydrogen-bond donors (Lipinski definition) is 1. The largest absolute Gasteiger partial charge is 0.368 e. The quantitative estimate of drug-likeness (QED) is 0.334. The second kappa shape index (κ2) is 10.7. The van der Waals surface area contributed by atoms with E-state index in [1.165, 1.54) is 5.69 Å². The SMILES string of the molecule is CC(C)c1cnnc(Nc2ccc3ncc(-c4cn(C)nc4CN4CCN(c5cccnc5)CC4)cc3n2)c1. The zero-order valence-corrected chi connectivity index (χ0v) is 22.5. The van der Waals surface area contributed by atoms with Gasteiger partial charge in [-0.1, -0.05) is 13.8 Å². The van der Waals surface area contributed by atoms with Gasteiger partial charge in [0.1, 0.15) is 5.82 Å². The fourth-order valence-electron chi connectivity index (χ4n) is 4.92. The molecule has 0 radical (unpaired) electrons. The van der Waals surface area contributed by atoms with Crippen LogP contribution in [-0.2, 0) is 13.6 Å². The molecule has 39 heavy (non-hydrogen) atoms. The first-order chi connectivity index (χ1) is 19.0. The van der Waals surface area contributed by atoms with Gasteiger partial charge in [0.2, 0.25) is 0 Å². The number of nitrogens with one attached hydrogen (secondary N) is 1. The Bertz CT molecular complexity index is 1570. The van der Waals surface area contributed by atoms with Crippen LogP contribution in [0.2, 0.25) is 0 Å². The molecular formula is C29H32N10. The standard InChI is InChI=1S/C29H32N10/c1-20(2)21-14-29(35-32-16-21)34-28-7-6-25-26(33-28)13-22(15-31-25)24-18-37(3)36-27(24)19-38-9-11-39(12-10-38)23-5-4-8-30-17-23/h4-8,13-18,20H,9-12,19H2,1-3H3,(H,33,34,35). The van der Waals surface area contributed by atoms with E-state index in [4.69, 9.17) is 15.1 Å². The second-order valence-corrected chi connectivity index (χ2v) is 10.3. The molecule has 0 aromatic carbocycles. The van der Waals surface area contributed by atoms with Crippen LogP contribution < -0.4 is 10.2 Å². The van der Waals surface area contributed by atoms with Crippen LogP contribution in [0.3, 0.4) is 0 Å². The molecule has 0 bridgehead atoms. The minimum absolute atomic E-state index is 0.371. The molecule has 198 valence electrons. The van der Waals surface area contributed by atoms with E-state index >= 15 is 0 Å². The summed E-state index contributed by atoms with van der Waals surface area (Å²) in [5.74, 6) is 1.75. The number of hydrogen-bond acceptors (Lipinski definition) is 9. The predicted octanol–water partition coefficient (Wildman–Crippen LogP) is 4.40. The summed E-state index contributed by atoms with van der Waals surface area (Å²) in [5.41, 5.74) is 7.08. The molecule has 0 atom stereocenters. The third-order valence-corrected chi connectivity index (χ3v) is 7.11. The van der Waals surface area contributed by atoms with Crippen molar-refractivity contribution in [1.29, 1.82) is 0 Å². The average Bonchev–Trinajstić information content (AvgIpc) is 3.33. The summed E-state index contributed by atoms with van der Waals surface area (Å²) in [7, 11) is 1.97. The van der Waals surface area contributed by atoms with Crippen molar-refractivity contribution >= 4 is 28.4 Å². The lowest BCUT2D eigenvalue weighted by Gasteiger charge is -2.35. The van der Waals surface area contributed by atoms with Crippen molar-refractivity contribution < 1.29 is 0 Å². The minimum atomic E-state index is 0.371. The molecule has 5 aromatic heterocycles. The van der Waals surface area contributed by atoms with Gasteiger partial charge in [-0.3, -0.25) is 19.5 Å². The number of pyridine rings is 3. The van der Waals surface area contributed by atoms with Gasteiger partial charge >= 0.3 is 0 Å². The summed E-state index contributed by atoms with van der Waals surface area (Å²) in [6.45, 7) is 8.94.